The molecule has 0 aromatic rings. The van der Waals surface area contributed by atoms with Crippen LogP contribution >= 0.6 is 0 Å². The van der Waals surface area contributed by atoms with Crippen LogP contribution in [0.25, 0.3) is 0 Å². The molecule has 102 valence electrons. The molecule has 0 aromatic heterocycles. The fourth-order valence-electron chi connectivity index (χ4n) is 2.24. The molecule has 1 unspecified atom stereocenters. The maximum Gasteiger partial charge on any atom is 0.326 e. The fourth-order valence-corrected chi connectivity index (χ4v) is 2.24. The van der Waals surface area contributed by atoms with E-state index in [1.807, 2.05) is 0 Å². The first-order valence-electron chi connectivity index (χ1n) is 6.12. The van der Waals surface area contributed by atoms with Crippen LogP contribution in [0.15, 0.2) is 0 Å². The summed E-state index contributed by atoms with van der Waals surface area (Å²) in [4.78, 5) is 24.8. The van der Waals surface area contributed by atoms with Gasteiger partial charge in [-0.1, -0.05) is 6.92 Å². The molecule has 3 amide bonds. The molecule has 2 rings (SSSR count). The Bertz CT molecular complexity index is 365. The van der Waals surface area contributed by atoms with E-state index < -0.39 is 29.8 Å². The highest BCUT2D eigenvalue weighted by Crippen LogP contribution is 2.26. The minimum Gasteiger partial charge on any atom is -0.390 e. The predicted molar refractivity (Wildman–Crippen MR) is 62.4 cm³/mol. The molecule has 2 saturated heterocycles. The van der Waals surface area contributed by atoms with E-state index in [4.69, 9.17) is 10.5 Å². The Morgan fingerprint density at radius 1 is 1.61 bits per heavy atom. The van der Waals surface area contributed by atoms with Crippen molar-refractivity contribution in [3.63, 3.8) is 0 Å². The number of aliphatic hydroxyl groups excluding tert-OH is 1. The van der Waals surface area contributed by atoms with Crippen molar-refractivity contribution in [1.29, 1.82) is 0 Å². The van der Waals surface area contributed by atoms with E-state index in [2.05, 4.69) is 5.32 Å². The lowest BCUT2D eigenvalue weighted by atomic mass is 9.93. The van der Waals surface area contributed by atoms with Gasteiger partial charge in [-0.15, -0.1) is 0 Å². The number of imide groups is 1. The van der Waals surface area contributed by atoms with Crippen LogP contribution in [0.2, 0.25) is 0 Å². The van der Waals surface area contributed by atoms with Gasteiger partial charge in [0.15, 0.2) is 0 Å². The van der Waals surface area contributed by atoms with Gasteiger partial charge < -0.3 is 15.6 Å². The number of rotatable bonds is 2. The summed E-state index contributed by atoms with van der Waals surface area (Å²) in [5.41, 5.74) is 4.88. The summed E-state index contributed by atoms with van der Waals surface area (Å²) in [6.45, 7) is 3.64. The van der Waals surface area contributed by atoms with Gasteiger partial charge in [0.1, 0.15) is 11.8 Å². The Labute approximate surface area is 105 Å². The molecular formula is C11H19N3O4. The summed E-state index contributed by atoms with van der Waals surface area (Å²) in [5.74, 6) is -0.460. The number of nitrogens with two attached hydrogens (primary N) is 1. The van der Waals surface area contributed by atoms with Crippen LogP contribution in [-0.2, 0) is 9.53 Å². The summed E-state index contributed by atoms with van der Waals surface area (Å²) < 4.78 is 5.50. The molecule has 4 N–H and O–H groups in total. The molecule has 2 fully saturated rings. The van der Waals surface area contributed by atoms with Crippen LogP contribution < -0.4 is 11.1 Å². The van der Waals surface area contributed by atoms with Gasteiger partial charge in [0, 0.05) is 6.42 Å². The van der Waals surface area contributed by atoms with E-state index in [0.29, 0.717) is 12.8 Å². The number of ether oxygens (including phenoxy) is 1. The summed E-state index contributed by atoms with van der Waals surface area (Å²) in [5, 5.41) is 11.9. The van der Waals surface area contributed by atoms with Crippen molar-refractivity contribution in [2.24, 2.45) is 5.73 Å². The second kappa shape index (κ2) is 4.49. The van der Waals surface area contributed by atoms with E-state index in [-0.39, 0.29) is 12.6 Å². The van der Waals surface area contributed by atoms with Gasteiger partial charge in [-0.2, -0.15) is 0 Å². The summed E-state index contributed by atoms with van der Waals surface area (Å²) >= 11 is 0. The summed E-state index contributed by atoms with van der Waals surface area (Å²) in [6, 6.07) is -0.513. The highest BCUT2D eigenvalue weighted by molar-refractivity contribution is 6.02. The molecule has 0 aromatic carbocycles. The number of aliphatic hydroxyl groups is 1. The molecule has 2 aliphatic heterocycles. The Kier molecular flexibility index (Phi) is 3.31. The van der Waals surface area contributed by atoms with Gasteiger partial charge in [-0.05, 0) is 13.3 Å². The second-order valence-electron chi connectivity index (χ2n) is 5.00. The number of nitrogens with zero attached hydrogens (tertiary/aromatic N) is 1. The highest BCUT2D eigenvalue weighted by Gasteiger charge is 2.46. The Balaban J connectivity index is 2.13. The third-order valence-electron chi connectivity index (χ3n) is 3.72. The topological polar surface area (TPSA) is 105 Å². The largest absolute Gasteiger partial charge is 0.390 e. The van der Waals surface area contributed by atoms with Gasteiger partial charge in [-0.3, -0.25) is 15.0 Å². The number of carbonyl (C=O) groups excluding carboxylic acids is 2. The zero-order valence-electron chi connectivity index (χ0n) is 10.5. The van der Waals surface area contributed by atoms with Crippen LogP contribution in [0.5, 0.6) is 0 Å². The minimum absolute atomic E-state index is 0.109. The molecule has 7 nitrogen and oxygen atoms in total. The van der Waals surface area contributed by atoms with Crippen molar-refractivity contribution in [2.75, 3.05) is 6.54 Å². The molecule has 0 spiro atoms. The minimum atomic E-state index is -1.09. The molecule has 0 bridgehead atoms. The third kappa shape index (κ3) is 2.09. The zero-order valence-corrected chi connectivity index (χ0v) is 10.5. The number of nitrogens with one attached hydrogen (secondary N) is 1. The van der Waals surface area contributed by atoms with Crippen LogP contribution in [0.1, 0.15) is 26.7 Å². The maximum absolute atomic E-state index is 11.8. The normalized spacial score (nSPS) is 41.1. The average molecular weight is 257 g/mol. The number of hydrogen-bond acceptors (Lipinski definition) is 5. The average Bonchev–Trinajstić information content (AvgIpc) is 2.64. The van der Waals surface area contributed by atoms with Crippen LogP contribution in [0.4, 0.5) is 4.79 Å². The first-order chi connectivity index (χ1) is 8.37. The Hall–Kier alpha value is -1.18. The lowest BCUT2D eigenvalue weighted by molar-refractivity contribution is -0.130. The smallest absolute Gasteiger partial charge is 0.326 e. The first-order valence-corrected chi connectivity index (χ1v) is 6.12. The molecule has 18 heavy (non-hydrogen) atoms. The SMILES string of the molecule is CCC1(N)CN([C@H]2C[C@H](O)[C@@H](C)O2)C(=O)NC1=O. The van der Waals surface area contributed by atoms with Crippen molar-refractivity contribution in [2.45, 2.75) is 50.7 Å². The van der Waals surface area contributed by atoms with E-state index >= 15 is 0 Å². The number of hydrogen-bond donors (Lipinski definition) is 3. The molecule has 0 radical (unpaired) electrons. The van der Waals surface area contributed by atoms with Gasteiger partial charge in [0.2, 0.25) is 5.91 Å². The van der Waals surface area contributed by atoms with Gasteiger partial charge in [-0.25, -0.2) is 4.79 Å². The lowest BCUT2D eigenvalue weighted by Gasteiger charge is -2.40. The molecule has 2 aliphatic rings. The quantitative estimate of drug-likeness (QED) is 0.597. The van der Waals surface area contributed by atoms with E-state index in [9.17, 15) is 14.7 Å². The number of carbonyl (C=O) groups is 2. The molecule has 0 saturated carbocycles. The van der Waals surface area contributed by atoms with Gasteiger partial charge in [0.05, 0.1) is 18.8 Å². The maximum atomic E-state index is 11.8. The van der Waals surface area contributed by atoms with Crippen molar-refractivity contribution in [3.8, 4) is 0 Å². The molecule has 0 aliphatic carbocycles. The summed E-state index contributed by atoms with van der Waals surface area (Å²) in [7, 11) is 0. The van der Waals surface area contributed by atoms with Crippen molar-refractivity contribution < 1.29 is 19.4 Å². The third-order valence-corrected chi connectivity index (χ3v) is 3.72. The molecule has 2 heterocycles. The lowest BCUT2D eigenvalue weighted by Crippen LogP contribution is -2.69. The van der Waals surface area contributed by atoms with Crippen LogP contribution in [0.3, 0.4) is 0 Å². The Morgan fingerprint density at radius 3 is 2.78 bits per heavy atom. The van der Waals surface area contributed by atoms with Crippen molar-refractivity contribution >= 4 is 11.9 Å². The highest BCUT2D eigenvalue weighted by atomic mass is 16.5. The second-order valence-corrected chi connectivity index (χ2v) is 5.00. The van der Waals surface area contributed by atoms with Gasteiger partial charge >= 0.3 is 6.03 Å². The monoisotopic (exact) mass is 257 g/mol. The number of amides is 3. The number of urea groups is 1. The first kappa shape index (κ1) is 13.3. The molecule has 4 atom stereocenters. The molecule has 7 heteroatoms. The van der Waals surface area contributed by atoms with Crippen LogP contribution in [0, 0.1) is 0 Å². The van der Waals surface area contributed by atoms with Crippen LogP contribution in [-0.4, -0.2) is 52.5 Å². The summed E-state index contributed by atoms with van der Waals surface area (Å²) in [6.07, 6.45) is -0.697. The van der Waals surface area contributed by atoms with Crippen molar-refractivity contribution in [3.05, 3.63) is 0 Å². The van der Waals surface area contributed by atoms with Crippen molar-refractivity contribution in [1.82, 2.24) is 10.2 Å². The zero-order chi connectivity index (χ0) is 13.5. The van der Waals surface area contributed by atoms with E-state index in [0.717, 1.165) is 0 Å². The molecular weight excluding hydrogens is 238 g/mol. The van der Waals surface area contributed by atoms with E-state index in [1.54, 1.807) is 13.8 Å². The van der Waals surface area contributed by atoms with Gasteiger partial charge in [0.25, 0.3) is 0 Å². The fraction of sp³-hybridized carbons (Fsp3) is 0.818. The van der Waals surface area contributed by atoms with E-state index in [1.165, 1.54) is 4.90 Å². The predicted octanol–water partition coefficient (Wildman–Crippen LogP) is -0.858. The standard InChI is InChI=1S/C11H19N3O4/c1-3-11(12)5-14(10(17)13-9(11)16)8-4-7(15)6(2)18-8/h6-8,15H,3-5,12H2,1-2H3,(H,13,16,17)/t6-,7+,8-,11?/m1/s1. The Morgan fingerprint density at radius 2 is 2.28 bits per heavy atom.